The van der Waals surface area contributed by atoms with Gasteiger partial charge in [-0.25, -0.2) is 8.42 Å². The Kier molecular flexibility index (Phi) is 5.93. The van der Waals surface area contributed by atoms with Crippen molar-refractivity contribution in [1.29, 1.82) is 0 Å². The molecule has 0 radical (unpaired) electrons. The topological polar surface area (TPSA) is 92.3 Å². The van der Waals surface area contributed by atoms with Crippen molar-refractivity contribution in [3.63, 3.8) is 0 Å². The number of amides is 2. The fourth-order valence-electron chi connectivity index (χ4n) is 2.23. The molecule has 0 fully saturated rings. The van der Waals surface area contributed by atoms with Gasteiger partial charge in [-0.15, -0.1) is 0 Å². The van der Waals surface area contributed by atoms with Gasteiger partial charge in [0.15, 0.2) is 9.84 Å². The standard InChI is InChI=1S/C18H20N2O4S/c1-13(14-8-10-16(11-9-14)25(2,23)24)20-17(21)12-19-18(22)15-6-4-3-5-7-15/h3-11,13H,12H2,1-2H3,(H,19,22)(H,20,21). The Morgan fingerprint density at radius 3 is 2.16 bits per heavy atom. The Morgan fingerprint density at radius 2 is 1.60 bits per heavy atom. The van der Waals surface area contributed by atoms with Gasteiger partial charge in [-0.2, -0.15) is 0 Å². The number of hydrogen-bond acceptors (Lipinski definition) is 4. The molecular formula is C18H20N2O4S. The average Bonchev–Trinajstić information content (AvgIpc) is 2.59. The molecule has 6 nitrogen and oxygen atoms in total. The molecule has 2 amide bonds. The molecule has 7 heteroatoms. The van der Waals surface area contributed by atoms with E-state index in [0.29, 0.717) is 5.56 Å². The summed E-state index contributed by atoms with van der Waals surface area (Å²) in [5.41, 5.74) is 1.26. The number of carbonyl (C=O) groups excluding carboxylic acids is 2. The smallest absolute Gasteiger partial charge is 0.251 e. The molecule has 25 heavy (non-hydrogen) atoms. The van der Waals surface area contributed by atoms with Gasteiger partial charge in [0.2, 0.25) is 5.91 Å². The number of rotatable bonds is 6. The molecule has 2 aromatic rings. The van der Waals surface area contributed by atoms with Crippen molar-refractivity contribution < 1.29 is 18.0 Å². The first kappa shape index (κ1) is 18.7. The summed E-state index contributed by atoms with van der Waals surface area (Å²) in [6.45, 7) is 1.64. The third-order valence-corrected chi connectivity index (χ3v) is 4.76. The summed E-state index contributed by atoms with van der Waals surface area (Å²) in [6.07, 6.45) is 1.14. The zero-order chi connectivity index (χ0) is 18.4. The minimum absolute atomic E-state index is 0.139. The number of carbonyl (C=O) groups is 2. The Morgan fingerprint density at radius 1 is 1.00 bits per heavy atom. The highest BCUT2D eigenvalue weighted by Crippen LogP contribution is 2.16. The van der Waals surface area contributed by atoms with E-state index < -0.39 is 9.84 Å². The Balaban J connectivity index is 1.88. The lowest BCUT2D eigenvalue weighted by atomic mass is 10.1. The van der Waals surface area contributed by atoms with Crippen LogP contribution in [-0.2, 0) is 14.6 Å². The van der Waals surface area contributed by atoms with Crippen molar-refractivity contribution in [3.05, 3.63) is 65.7 Å². The van der Waals surface area contributed by atoms with Crippen molar-refractivity contribution in [1.82, 2.24) is 10.6 Å². The van der Waals surface area contributed by atoms with Gasteiger partial charge in [0, 0.05) is 11.8 Å². The molecule has 0 saturated heterocycles. The van der Waals surface area contributed by atoms with Crippen molar-refractivity contribution in [3.8, 4) is 0 Å². The summed E-state index contributed by atoms with van der Waals surface area (Å²) in [5, 5.41) is 5.31. The Bertz CT molecular complexity index is 846. The van der Waals surface area contributed by atoms with Crippen LogP contribution in [0.4, 0.5) is 0 Å². The molecule has 1 atom stereocenters. The van der Waals surface area contributed by atoms with Gasteiger partial charge < -0.3 is 10.6 Å². The molecule has 2 aromatic carbocycles. The number of benzene rings is 2. The number of sulfone groups is 1. The SMILES string of the molecule is CC(NC(=O)CNC(=O)c1ccccc1)c1ccc(S(C)(=O)=O)cc1. The first-order valence-corrected chi connectivity index (χ1v) is 9.59. The van der Waals surface area contributed by atoms with E-state index in [4.69, 9.17) is 0 Å². The molecule has 2 rings (SSSR count). The van der Waals surface area contributed by atoms with Gasteiger partial charge in [-0.3, -0.25) is 9.59 Å². The van der Waals surface area contributed by atoms with Crippen LogP contribution in [0.2, 0.25) is 0 Å². The van der Waals surface area contributed by atoms with E-state index in [0.717, 1.165) is 11.8 Å². The highest BCUT2D eigenvalue weighted by molar-refractivity contribution is 7.90. The maximum atomic E-state index is 12.0. The first-order valence-electron chi connectivity index (χ1n) is 7.70. The monoisotopic (exact) mass is 360 g/mol. The summed E-state index contributed by atoms with van der Waals surface area (Å²) < 4.78 is 22.9. The summed E-state index contributed by atoms with van der Waals surface area (Å²) in [6, 6.07) is 14.6. The van der Waals surface area contributed by atoms with Crippen LogP contribution in [0, 0.1) is 0 Å². The van der Waals surface area contributed by atoms with Crippen molar-refractivity contribution in [2.45, 2.75) is 17.9 Å². The molecule has 2 N–H and O–H groups in total. The lowest BCUT2D eigenvalue weighted by Crippen LogP contribution is -2.38. The minimum atomic E-state index is -3.25. The Hall–Kier alpha value is -2.67. The van der Waals surface area contributed by atoms with E-state index in [1.807, 2.05) is 0 Å². The zero-order valence-corrected chi connectivity index (χ0v) is 14.8. The third kappa shape index (κ3) is 5.42. The minimum Gasteiger partial charge on any atom is -0.348 e. The largest absolute Gasteiger partial charge is 0.348 e. The molecule has 0 aliphatic heterocycles. The molecule has 0 aliphatic carbocycles. The van der Waals surface area contributed by atoms with Gasteiger partial charge in [0.25, 0.3) is 5.91 Å². The first-order chi connectivity index (χ1) is 11.8. The van der Waals surface area contributed by atoms with Gasteiger partial charge >= 0.3 is 0 Å². The van der Waals surface area contributed by atoms with Crippen LogP contribution in [0.25, 0.3) is 0 Å². The zero-order valence-electron chi connectivity index (χ0n) is 14.0. The molecule has 0 spiro atoms. The molecule has 1 unspecified atom stereocenters. The van der Waals surface area contributed by atoms with Crippen LogP contribution in [0.15, 0.2) is 59.5 Å². The van der Waals surface area contributed by atoms with Crippen LogP contribution in [0.5, 0.6) is 0 Å². The second-order valence-electron chi connectivity index (χ2n) is 5.68. The number of nitrogens with one attached hydrogen (secondary N) is 2. The summed E-state index contributed by atoms with van der Waals surface area (Å²) in [7, 11) is -3.25. The van der Waals surface area contributed by atoms with Gasteiger partial charge in [0.05, 0.1) is 17.5 Å². The molecular weight excluding hydrogens is 340 g/mol. The summed E-state index contributed by atoms with van der Waals surface area (Å²) in [4.78, 5) is 24.1. The molecule has 0 heterocycles. The molecule has 0 saturated carbocycles. The van der Waals surface area contributed by atoms with Crippen LogP contribution in [0.1, 0.15) is 28.9 Å². The lowest BCUT2D eigenvalue weighted by Gasteiger charge is -2.15. The van der Waals surface area contributed by atoms with E-state index in [1.54, 1.807) is 49.4 Å². The van der Waals surface area contributed by atoms with Crippen molar-refractivity contribution in [2.24, 2.45) is 0 Å². The maximum Gasteiger partial charge on any atom is 0.251 e. The van der Waals surface area contributed by atoms with Crippen LogP contribution < -0.4 is 10.6 Å². The summed E-state index contributed by atoms with van der Waals surface area (Å²) in [5.74, 6) is -0.648. The van der Waals surface area contributed by atoms with Crippen LogP contribution in [-0.4, -0.2) is 33.0 Å². The van der Waals surface area contributed by atoms with Crippen molar-refractivity contribution >= 4 is 21.7 Å². The highest BCUT2D eigenvalue weighted by Gasteiger charge is 2.13. The number of hydrogen-bond donors (Lipinski definition) is 2. The quantitative estimate of drug-likeness (QED) is 0.820. The summed E-state index contributed by atoms with van der Waals surface area (Å²) >= 11 is 0. The highest BCUT2D eigenvalue weighted by atomic mass is 32.2. The van der Waals surface area contributed by atoms with E-state index in [1.165, 1.54) is 12.1 Å². The maximum absolute atomic E-state index is 12.0. The fraction of sp³-hybridized carbons (Fsp3) is 0.222. The third-order valence-electron chi connectivity index (χ3n) is 3.63. The lowest BCUT2D eigenvalue weighted by molar-refractivity contribution is -0.120. The average molecular weight is 360 g/mol. The van der Waals surface area contributed by atoms with Crippen LogP contribution in [0.3, 0.4) is 0 Å². The predicted molar refractivity (Wildman–Crippen MR) is 94.9 cm³/mol. The van der Waals surface area contributed by atoms with E-state index >= 15 is 0 Å². The van der Waals surface area contributed by atoms with Gasteiger partial charge in [0.1, 0.15) is 0 Å². The Labute approximate surface area is 147 Å². The van der Waals surface area contributed by atoms with Gasteiger partial charge in [-0.05, 0) is 36.8 Å². The predicted octanol–water partition coefficient (Wildman–Crippen LogP) is 1.70. The van der Waals surface area contributed by atoms with E-state index in [9.17, 15) is 18.0 Å². The van der Waals surface area contributed by atoms with Gasteiger partial charge in [-0.1, -0.05) is 30.3 Å². The second kappa shape index (κ2) is 7.94. The van der Waals surface area contributed by atoms with Crippen LogP contribution >= 0.6 is 0 Å². The molecule has 0 bridgehead atoms. The van der Waals surface area contributed by atoms with Crippen molar-refractivity contribution in [2.75, 3.05) is 12.8 Å². The fourth-order valence-corrected chi connectivity index (χ4v) is 2.86. The molecule has 132 valence electrons. The molecule has 0 aliphatic rings. The molecule has 0 aromatic heterocycles. The second-order valence-corrected chi connectivity index (χ2v) is 7.69. The van der Waals surface area contributed by atoms with E-state index in [-0.39, 0.29) is 29.3 Å². The van der Waals surface area contributed by atoms with E-state index in [2.05, 4.69) is 10.6 Å². The normalized spacial score (nSPS) is 12.2.